The Morgan fingerprint density at radius 2 is 1.54 bits per heavy atom. The summed E-state index contributed by atoms with van der Waals surface area (Å²) in [5.41, 5.74) is 0. The molecule has 1 nitrogen and oxygen atoms in total. The van der Waals surface area contributed by atoms with Crippen molar-refractivity contribution in [2.75, 3.05) is 26.2 Å². The number of halogens is 1. The Kier molecular flexibility index (Phi) is 7.06. The average Bonchev–Trinajstić information content (AvgIpc) is 2.51. The fourth-order valence-electron chi connectivity index (χ4n) is 2.53. The predicted molar refractivity (Wildman–Crippen MR) is 54.2 cm³/mol. The molecule has 13 heavy (non-hydrogen) atoms. The van der Waals surface area contributed by atoms with Crippen molar-refractivity contribution < 1.29 is 21.5 Å². The Balaban J connectivity index is 0.00000144. The van der Waals surface area contributed by atoms with E-state index >= 15 is 0 Å². The molecule has 0 aromatic carbocycles. The van der Waals surface area contributed by atoms with E-state index in [0.29, 0.717) is 0 Å². The first kappa shape index (κ1) is 13.4. The largest absolute Gasteiger partial charge is 1.00 e. The minimum absolute atomic E-state index is 0. The predicted octanol–water partition coefficient (Wildman–Crippen LogP) is -0.189. The molecule has 1 heterocycles. The summed E-state index contributed by atoms with van der Waals surface area (Å²) in [6, 6.07) is 0. The highest BCUT2D eigenvalue weighted by atomic mass is 79.9. The number of likely N-dealkylation sites (tertiary alicyclic amines) is 1. The monoisotopic (exact) mass is 249 g/mol. The van der Waals surface area contributed by atoms with Crippen LogP contribution in [0, 0.1) is 0 Å². The van der Waals surface area contributed by atoms with Crippen LogP contribution in [-0.4, -0.2) is 30.7 Å². The van der Waals surface area contributed by atoms with Crippen LogP contribution in [0.4, 0.5) is 0 Å². The van der Waals surface area contributed by atoms with Gasteiger partial charge in [0, 0.05) is 12.8 Å². The van der Waals surface area contributed by atoms with Crippen LogP contribution >= 0.6 is 0 Å². The number of nitrogens with zero attached hydrogens (tertiary/aromatic N) is 1. The standard InChI is InChI=1S/C11H24N.BrH/c1-3-5-9-12(8-4-2)10-6-7-11-12;/h3-11H2,1-2H3;1H/q+1;/p-1. The van der Waals surface area contributed by atoms with Crippen molar-refractivity contribution in [2.24, 2.45) is 0 Å². The van der Waals surface area contributed by atoms with Crippen LogP contribution in [0.3, 0.4) is 0 Å². The molecule has 0 saturated carbocycles. The van der Waals surface area contributed by atoms with Gasteiger partial charge in [-0.25, -0.2) is 0 Å². The van der Waals surface area contributed by atoms with Crippen molar-refractivity contribution in [3.8, 4) is 0 Å². The summed E-state index contributed by atoms with van der Waals surface area (Å²) in [7, 11) is 0. The molecule has 0 aromatic heterocycles. The minimum atomic E-state index is 0. The summed E-state index contributed by atoms with van der Waals surface area (Å²) in [5.74, 6) is 0. The van der Waals surface area contributed by atoms with E-state index < -0.39 is 0 Å². The summed E-state index contributed by atoms with van der Waals surface area (Å²) in [4.78, 5) is 0. The van der Waals surface area contributed by atoms with Crippen molar-refractivity contribution in [2.45, 2.75) is 46.0 Å². The number of hydrogen-bond donors (Lipinski definition) is 0. The molecule has 0 N–H and O–H groups in total. The molecule has 0 unspecified atom stereocenters. The van der Waals surface area contributed by atoms with Crippen molar-refractivity contribution in [3.63, 3.8) is 0 Å². The smallest absolute Gasteiger partial charge is 0.0788 e. The van der Waals surface area contributed by atoms with Gasteiger partial charge in [0.1, 0.15) is 0 Å². The second-order valence-electron chi connectivity index (χ2n) is 4.30. The molecule has 0 aliphatic carbocycles. The Morgan fingerprint density at radius 3 is 2.00 bits per heavy atom. The molecular weight excluding hydrogens is 226 g/mol. The van der Waals surface area contributed by atoms with Gasteiger partial charge in [-0.1, -0.05) is 20.3 Å². The molecule has 1 fully saturated rings. The Bertz CT molecular complexity index is 119. The van der Waals surface area contributed by atoms with Crippen molar-refractivity contribution in [1.29, 1.82) is 0 Å². The molecule has 0 radical (unpaired) electrons. The maximum Gasteiger partial charge on any atom is 0.0788 e. The molecule has 1 rings (SSSR count). The molecule has 0 spiro atoms. The van der Waals surface area contributed by atoms with Gasteiger partial charge in [-0.3, -0.25) is 0 Å². The quantitative estimate of drug-likeness (QED) is 0.593. The molecule has 80 valence electrons. The summed E-state index contributed by atoms with van der Waals surface area (Å²) in [5, 5.41) is 0. The van der Waals surface area contributed by atoms with E-state index in [9.17, 15) is 0 Å². The van der Waals surface area contributed by atoms with Crippen molar-refractivity contribution in [3.05, 3.63) is 0 Å². The number of rotatable bonds is 5. The van der Waals surface area contributed by atoms with E-state index in [1.807, 2.05) is 0 Å². The SMILES string of the molecule is CCCC[N+]1(CCC)CCCC1.[Br-]. The summed E-state index contributed by atoms with van der Waals surface area (Å²) < 4.78 is 1.45. The first-order chi connectivity index (χ1) is 5.83. The lowest BCUT2D eigenvalue weighted by molar-refractivity contribution is -0.917. The molecule has 0 aromatic rings. The lowest BCUT2D eigenvalue weighted by Crippen LogP contribution is -3.00. The van der Waals surface area contributed by atoms with Crippen LogP contribution in [0.15, 0.2) is 0 Å². The summed E-state index contributed by atoms with van der Waals surface area (Å²) in [6.45, 7) is 10.4. The minimum Gasteiger partial charge on any atom is -1.00 e. The van der Waals surface area contributed by atoms with Gasteiger partial charge in [-0.15, -0.1) is 0 Å². The second-order valence-corrected chi connectivity index (χ2v) is 4.30. The Labute approximate surface area is 93.9 Å². The normalized spacial score (nSPS) is 19.8. The Morgan fingerprint density at radius 1 is 0.923 bits per heavy atom. The van der Waals surface area contributed by atoms with Crippen LogP contribution in [0.1, 0.15) is 46.0 Å². The third-order valence-electron chi connectivity index (χ3n) is 3.20. The highest BCUT2D eigenvalue weighted by Crippen LogP contribution is 2.20. The molecule has 1 aliphatic rings. The van der Waals surface area contributed by atoms with Gasteiger partial charge in [-0.05, 0) is 12.8 Å². The summed E-state index contributed by atoms with van der Waals surface area (Å²) in [6.07, 6.45) is 7.11. The van der Waals surface area contributed by atoms with Gasteiger partial charge in [0.25, 0.3) is 0 Å². The summed E-state index contributed by atoms with van der Waals surface area (Å²) >= 11 is 0. The first-order valence-electron chi connectivity index (χ1n) is 5.68. The van der Waals surface area contributed by atoms with E-state index in [1.54, 1.807) is 0 Å². The second kappa shape index (κ2) is 6.83. The van der Waals surface area contributed by atoms with E-state index in [0.717, 1.165) is 0 Å². The number of quaternary nitrogens is 1. The van der Waals surface area contributed by atoms with Crippen LogP contribution in [0.5, 0.6) is 0 Å². The number of unbranched alkanes of at least 4 members (excludes halogenated alkanes) is 1. The third-order valence-corrected chi connectivity index (χ3v) is 3.20. The van der Waals surface area contributed by atoms with Crippen LogP contribution in [0.2, 0.25) is 0 Å². The maximum atomic E-state index is 2.32. The van der Waals surface area contributed by atoms with Gasteiger partial charge in [0.05, 0.1) is 26.2 Å². The van der Waals surface area contributed by atoms with Crippen molar-refractivity contribution in [1.82, 2.24) is 0 Å². The van der Waals surface area contributed by atoms with Gasteiger partial charge >= 0.3 is 0 Å². The van der Waals surface area contributed by atoms with Crippen LogP contribution in [-0.2, 0) is 0 Å². The molecular formula is C11H24BrN. The zero-order valence-electron chi connectivity index (χ0n) is 9.19. The number of hydrogen-bond acceptors (Lipinski definition) is 0. The lowest BCUT2D eigenvalue weighted by atomic mass is 10.2. The fraction of sp³-hybridized carbons (Fsp3) is 1.00. The van der Waals surface area contributed by atoms with Crippen molar-refractivity contribution >= 4 is 0 Å². The highest BCUT2D eigenvalue weighted by molar-refractivity contribution is 4.54. The highest BCUT2D eigenvalue weighted by Gasteiger charge is 2.29. The molecule has 1 aliphatic heterocycles. The first-order valence-corrected chi connectivity index (χ1v) is 5.68. The van der Waals surface area contributed by atoms with Gasteiger partial charge in [-0.2, -0.15) is 0 Å². The Hall–Kier alpha value is 0.440. The maximum absolute atomic E-state index is 2.32. The zero-order chi connectivity index (χ0) is 8.86. The van der Waals surface area contributed by atoms with Crippen LogP contribution < -0.4 is 17.0 Å². The van der Waals surface area contributed by atoms with E-state index in [4.69, 9.17) is 0 Å². The molecule has 0 atom stereocenters. The van der Waals surface area contributed by atoms with Gasteiger partial charge < -0.3 is 21.5 Å². The molecule has 2 heteroatoms. The zero-order valence-corrected chi connectivity index (χ0v) is 10.8. The van der Waals surface area contributed by atoms with Gasteiger partial charge in [0.2, 0.25) is 0 Å². The van der Waals surface area contributed by atoms with Crippen LogP contribution in [0.25, 0.3) is 0 Å². The van der Waals surface area contributed by atoms with E-state index in [2.05, 4.69) is 13.8 Å². The topological polar surface area (TPSA) is 0 Å². The lowest BCUT2D eigenvalue weighted by Gasteiger charge is -2.34. The molecule has 0 amide bonds. The average molecular weight is 250 g/mol. The molecule has 1 saturated heterocycles. The van der Waals surface area contributed by atoms with Gasteiger partial charge in [0.15, 0.2) is 0 Å². The van der Waals surface area contributed by atoms with E-state index in [1.165, 1.54) is 62.8 Å². The fourth-order valence-corrected chi connectivity index (χ4v) is 2.53. The van der Waals surface area contributed by atoms with E-state index in [-0.39, 0.29) is 17.0 Å². The molecule has 0 bridgehead atoms. The third kappa shape index (κ3) is 3.99.